The van der Waals surface area contributed by atoms with Crippen molar-refractivity contribution in [2.24, 2.45) is 0 Å². The number of furan rings is 2. The third-order valence-corrected chi connectivity index (χ3v) is 5.69. The van der Waals surface area contributed by atoms with Gasteiger partial charge in [0.1, 0.15) is 17.3 Å². The van der Waals surface area contributed by atoms with Crippen molar-refractivity contribution < 1.29 is 32.4 Å². The van der Waals surface area contributed by atoms with E-state index in [9.17, 15) is 23.6 Å². The summed E-state index contributed by atoms with van der Waals surface area (Å²) in [6, 6.07) is 13.3. The van der Waals surface area contributed by atoms with Crippen molar-refractivity contribution in [2.45, 2.75) is 7.43 Å². The molecule has 6 nitrogen and oxygen atoms in total. The van der Waals surface area contributed by atoms with Crippen LogP contribution in [0, 0.1) is 5.82 Å². The van der Waals surface area contributed by atoms with Crippen molar-refractivity contribution in [1.82, 2.24) is 0 Å². The minimum atomic E-state index is -0.561. The van der Waals surface area contributed by atoms with Crippen molar-refractivity contribution in [1.29, 1.82) is 0 Å². The van der Waals surface area contributed by atoms with Crippen LogP contribution >= 0.6 is 0 Å². The summed E-state index contributed by atoms with van der Waals surface area (Å²) < 4.78 is 23.7. The number of hydrogen-bond acceptors (Lipinski definition) is 6. The first-order valence-electron chi connectivity index (χ1n) is 10.4. The highest BCUT2D eigenvalue weighted by atomic mass is 19.1. The van der Waals surface area contributed by atoms with E-state index in [1.807, 2.05) is 0 Å². The molecule has 2 heterocycles. The zero-order valence-corrected chi connectivity index (χ0v) is 18.1. The third kappa shape index (κ3) is 3.67. The summed E-state index contributed by atoms with van der Waals surface area (Å²) in [5.41, 5.74) is 1.59. The molecule has 2 aliphatic carbocycles. The van der Waals surface area contributed by atoms with Gasteiger partial charge in [-0.1, -0.05) is 44.8 Å². The Kier molecular flexibility index (Phi) is 6.08. The van der Waals surface area contributed by atoms with Gasteiger partial charge in [-0.15, -0.1) is 0 Å². The molecule has 0 saturated heterocycles. The van der Waals surface area contributed by atoms with Crippen LogP contribution in [-0.2, 0) is 0 Å². The second kappa shape index (κ2) is 9.03. The van der Waals surface area contributed by atoms with Crippen LogP contribution in [-0.4, -0.2) is 23.1 Å². The molecule has 0 radical (unpaired) electrons. The fourth-order valence-corrected chi connectivity index (χ4v) is 4.01. The van der Waals surface area contributed by atoms with E-state index in [0.29, 0.717) is 28.2 Å². The Morgan fingerprint density at radius 3 is 1.53 bits per heavy atom. The van der Waals surface area contributed by atoms with E-state index in [1.54, 1.807) is 30.3 Å². The zero-order chi connectivity index (χ0) is 24.9. The Labute approximate surface area is 205 Å². The van der Waals surface area contributed by atoms with Gasteiger partial charge in [-0.3, -0.25) is 19.2 Å². The number of fused-ring (bicyclic) bond motifs is 4. The van der Waals surface area contributed by atoms with E-state index in [1.165, 1.54) is 24.3 Å². The first-order chi connectivity index (χ1) is 16.8. The predicted molar refractivity (Wildman–Crippen MR) is 131 cm³/mol. The Morgan fingerprint density at radius 2 is 1.03 bits per heavy atom. The molecule has 0 fully saturated rings. The quantitative estimate of drug-likeness (QED) is 0.293. The molecule has 36 heavy (non-hydrogen) atoms. The van der Waals surface area contributed by atoms with Crippen LogP contribution in [0.3, 0.4) is 0 Å². The highest BCUT2D eigenvalue weighted by Crippen LogP contribution is 2.31. The van der Waals surface area contributed by atoms with Crippen molar-refractivity contribution in [2.75, 3.05) is 0 Å². The van der Waals surface area contributed by atoms with Crippen LogP contribution in [0.2, 0.25) is 0 Å². The number of ketones is 4. The van der Waals surface area contributed by atoms with Gasteiger partial charge in [-0.25, -0.2) is 4.39 Å². The van der Waals surface area contributed by atoms with Gasteiger partial charge in [0.2, 0.25) is 11.6 Å². The molecule has 4 aromatic rings. The lowest BCUT2D eigenvalue weighted by Crippen LogP contribution is -2.19. The fourth-order valence-electron chi connectivity index (χ4n) is 4.01. The molecule has 0 saturated carbocycles. The maximum Gasteiger partial charge on any atom is 0.229 e. The number of rotatable bonds is 2. The fraction of sp³-hybridized carbons (Fsp3) is 0.0345. The molecule has 0 atom stereocenters. The zero-order valence-electron chi connectivity index (χ0n) is 18.1. The molecule has 0 amide bonds. The van der Waals surface area contributed by atoms with Crippen LogP contribution in [0.25, 0.3) is 12.2 Å². The number of benzene rings is 2. The van der Waals surface area contributed by atoms with Gasteiger partial charge < -0.3 is 8.83 Å². The monoisotopic (exact) mass is 482 g/mol. The van der Waals surface area contributed by atoms with Crippen LogP contribution in [0.4, 0.5) is 4.39 Å². The van der Waals surface area contributed by atoms with Crippen molar-refractivity contribution >= 4 is 35.3 Å². The highest BCUT2D eigenvalue weighted by Gasteiger charge is 2.34. The second-order valence-electron chi connectivity index (χ2n) is 7.74. The number of hydrogen-bond donors (Lipinski definition) is 0. The third-order valence-electron chi connectivity index (χ3n) is 5.69. The highest BCUT2D eigenvalue weighted by molar-refractivity contribution is 6.28. The number of carbonyl (C=O) groups is 4. The van der Waals surface area contributed by atoms with Crippen molar-refractivity contribution in [3.8, 4) is 0 Å². The molecule has 0 unspecified atom stereocenters. The Morgan fingerprint density at radius 1 is 0.583 bits per heavy atom. The molecule has 0 bridgehead atoms. The first-order valence-corrected chi connectivity index (χ1v) is 10.4. The molecule has 6 rings (SSSR count). The normalized spacial score (nSPS) is 12.8. The summed E-state index contributed by atoms with van der Waals surface area (Å²) in [5.74, 6) is -0.955. The van der Waals surface area contributed by atoms with Gasteiger partial charge in [-0.2, -0.15) is 0 Å². The summed E-state index contributed by atoms with van der Waals surface area (Å²) in [4.78, 5) is 48.5. The molecule has 178 valence electrons. The summed E-state index contributed by atoms with van der Waals surface area (Å²) in [6.07, 6.45) is 2.88. The topological polar surface area (TPSA) is 94.6 Å². The van der Waals surface area contributed by atoms with E-state index in [2.05, 4.69) is 13.2 Å². The lowest BCUT2D eigenvalue weighted by molar-refractivity contribution is 0.0959. The van der Waals surface area contributed by atoms with E-state index >= 15 is 0 Å². The molecule has 0 spiro atoms. The van der Waals surface area contributed by atoms with E-state index in [4.69, 9.17) is 8.83 Å². The smallest absolute Gasteiger partial charge is 0.229 e. The van der Waals surface area contributed by atoms with Gasteiger partial charge in [0.25, 0.3) is 0 Å². The molecule has 2 aromatic heterocycles. The minimum absolute atomic E-state index is 0. The molecule has 0 aliphatic heterocycles. The van der Waals surface area contributed by atoms with Gasteiger partial charge in [-0.05, 0) is 42.5 Å². The van der Waals surface area contributed by atoms with Crippen molar-refractivity contribution in [3.63, 3.8) is 0 Å². The second-order valence-corrected chi connectivity index (χ2v) is 7.74. The SMILES string of the molecule is C.C=Cc1cc2c(o1)C(=O)c1cc(F)ccc1C2=O.C=Cc1cc2c(o1)C(=O)c1ccccc1C2=O. The average Bonchev–Trinajstić information content (AvgIpc) is 3.52. The lowest BCUT2D eigenvalue weighted by atomic mass is 9.88. The molecule has 7 heteroatoms. The van der Waals surface area contributed by atoms with Crippen LogP contribution in [0.5, 0.6) is 0 Å². The summed E-state index contributed by atoms with van der Waals surface area (Å²) in [6.45, 7) is 7.07. The van der Waals surface area contributed by atoms with Crippen LogP contribution in [0.1, 0.15) is 83.0 Å². The van der Waals surface area contributed by atoms with E-state index in [-0.39, 0.29) is 53.0 Å². The largest absolute Gasteiger partial charge is 0.452 e. The maximum absolute atomic E-state index is 13.1. The number of halogens is 1. The molecule has 0 N–H and O–H groups in total. The minimum Gasteiger partial charge on any atom is -0.452 e. The Balaban J connectivity index is 0.000000165. The average molecular weight is 482 g/mol. The van der Waals surface area contributed by atoms with Crippen LogP contribution < -0.4 is 0 Å². The Bertz CT molecular complexity index is 1560. The van der Waals surface area contributed by atoms with Crippen LogP contribution in [0.15, 0.2) is 76.6 Å². The van der Waals surface area contributed by atoms with E-state index in [0.717, 1.165) is 12.1 Å². The molecular weight excluding hydrogens is 463 g/mol. The van der Waals surface area contributed by atoms with Gasteiger partial charge in [0.05, 0.1) is 11.1 Å². The van der Waals surface area contributed by atoms with E-state index < -0.39 is 11.6 Å². The molecule has 2 aromatic carbocycles. The van der Waals surface area contributed by atoms with Crippen molar-refractivity contribution in [3.05, 3.63) is 130 Å². The summed E-state index contributed by atoms with van der Waals surface area (Å²) >= 11 is 0. The Hall–Kier alpha value is -4.91. The van der Waals surface area contributed by atoms with Gasteiger partial charge >= 0.3 is 0 Å². The summed E-state index contributed by atoms with van der Waals surface area (Å²) in [7, 11) is 0. The standard InChI is InChI=1S/C14H7FO3.C14H8O3.CH4/c1-2-8-6-11-12(16)9-4-3-7(15)5-10(9)13(17)14(11)18-8;1-2-8-7-11-12(15)9-5-3-4-6-10(9)13(16)14(11)17-8;/h2-6H,1H2;2-7H,1H2;1H4. The van der Waals surface area contributed by atoms with Gasteiger partial charge in [0.15, 0.2) is 23.1 Å². The lowest BCUT2D eigenvalue weighted by Gasteiger charge is -2.12. The van der Waals surface area contributed by atoms with Gasteiger partial charge in [0, 0.05) is 22.3 Å². The first kappa shape index (κ1) is 24.2. The molecule has 2 aliphatic rings. The predicted octanol–water partition coefficient (Wildman–Crippen LogP) is 6.17. The molecular formula is C29H19FO6. The summed E-state index contributed by atoms with van der Waals surface area (Å²) in [5, 5.41) is 0. The number of carbonyl (C=O) groups excluding carboxylic acids is 4. The maximum atomic E-state index is 13.1.